The van der Waals surface area contributed by atoms with E-state index in [0.29, 0.717) is 11.9 Å². The van der Waals surface area contributed by atoms with Crippen LogP contribution >= 0.6 is 0 Å². The van der Waals surface area contributed by atoms with Crippen molar-refractivity contribution in [2.75, 3.05) is 41.7 Å². The van der Waals surface area contributed by atoms with Crippen LogP contribution in [-0.4, -0.2) is 41.1 Å². The Kier molecular flexibility index (Phi) is 5.38. The molecule has 112 valence electrons. The number of aromatic nitrogens is 3. The molecule has 20 heavy (non-hydrogen) atoms. The molecule has 0 spiro atoms. The second-order valence-corrected chi connectivity index (χ2v) is 5.21. The molecule has 0 aromatic carbocycles. The van der Waals surface area contributed by atoms with E-state index >= 15 is 0 Å². The molecule has 0 amide bonds. The maximum atomic E-state index is 4.54. The highest BCUT2D eigenvalue weighted by Crippen LogP contribution is 2.28. The first-order valence-corrected chi connectivity index (χ1v) is 7.75. The molecule has 1 aromatic heterocycles. The van der Waals surface area contributed by atoms with E-state index in [0.717, 1.165) is 44.5 Å². The van der Waals surface area contributed by atoms with Crippen molar-refractivity contribution in [1.29, 1.82) is 0 Å². The molecule has 1 fully saturated rings. The van der Waals surface area contributed by atoms with Gasteiger partial charge in [0.05, 0.1) is 0 Å². The molecule has 6 nitrogen and oxygen atoms in total. The Bertz CT molecular complexity index is 414. The maximum Gasteiger partial charge on any atom is 0.231 e. The highest BCUT2D eigenvalue weighted by Gasteiger charge is 2.21. The number of nitrogens with zero attached hydrogens (tertiary/aromatic N) is 4. The van der Waals surface area contributed by atoms with Gasteiger partial charge < -0.3 is 15.5 Å². The summed E-state index contributed by atoms with van der Waals surface area (Å²) >= 11 is 0. The molecule has 0 saturated heterocycles. The van der Waals surface area contributed by atoms with Gasteiger partial charge in [-0.25, -0.2) is 0 Å². The highest BCUT2D eigenvalue weighted by atomic mass is 15.3. The second-order valence-electron chi connectivity index (χ2n) is 5.21. The summed E-state index contributed by atoms with van der Waals surface area (Å²) in [7, 11) is 0. The van der Waals surface area contributed by atoms with Crippen LogP contribution in [0.4, 0.5) is 17.8 Å². The van der Waals surface area contributed by atoms with Crippen LogP contribution in [0.5, 0.6) is 0 Å². The monoisotopic (exact) mass is 278 g/mol. The third kappa shape index (κ3) is 4.21. The summed E-state index contributed by atoms with van der Waals surface area (Å²) in [6.07, 6.45) is 3.70. The van der Waals surface area contributed by atoms with Crippen LogP contribution in [0.25, 0.3) is 0 Å². The van der Waals surface area contributed by atoms with Crippen LogP contribution in [0.3, 0.4) is 0 Å². The van der Waals surface area contributed by atoms with Crippen LogP contribution in [-0.2, 0) is 0 Å². The lowest BCUT2D eigenvalue weighted by Crippen LogP contribution is -2.25. The van der Waals surface area contributed by atoms with Gasteiger partial charge in [0.25, 0.3) is 0 Å². The summed E-state index contributed by atoms with van der Waals surface area (Å²) in [4.78, 5) is 15.6. The van der Waals surface area contributed by atoms with E-state index in [1.807, 2.05) is 0 Å². The predicted octanol–water partition coefficient (Wildman–Crippen LogP) is 2.36. The van der Waals surface area contributed by atoms with Gasteiger partial charge in [-0.2, -0.15) is 15.0 Å². The van der Waals surface area contributed by atoms with Crippen LogP contribution in [0.15, 0.2) is 0 Å². The van der Waals surface area contributed by atoms with Crippen LogP contribution in [0.1, 0.15) is 40.0 Å². The smallest absolute Gasteiger partial charge is 0.231 e. The normalized spacial score (nSPS) is 14.2. The number of hydrogen-bond acceptors (Lipinski definition) is 6. The average molecular weight is 278 g/mol. The zero-order chi connectivity index (χ0) is 14.4. The predicted molar refractivity (Wildman–Crippen MR) is 83.4 cm³/mol. The van der Waals surface area contributed by atoms with Crippen molar-refractivity contribution < 1.29 is 0 Å². The largest absolute Gasteiger partial charge is 0.354 e. The van der Waals surface area contributed by atoms with Gasteiger partial charge in [0, 0.05) is 26.2 Å². The minimum atomic E-state index is 0.669. The van der Waals surface area contributed by atoms with E-state index in [2.05, 4.69) is 51.3 Å². The molecule has 0 aliphatic heterocycles. The molecule has 2 rings (SSSR count). The molecule has 1 aliphatic carbocycles. The lowest BCUT2D eigenvalue weighted by atomic mass is 10.4. The van der Waals surface area contributed by atoms with E-state index in [-0.39, 0.29) is 0 Å². The Morgan fingerprint density at radius 1 is 1.00 bits per heavy atom. The van der Waals surface area contributed by atoms with Gasteiger partial charge in [-0.05, 0) is 39.0 Å². The van der Waals surface area contributed by atoms with E-state index in [4.69, 9.17) is 0 Å². The molecule has 1 aliphatic rings. The molecule has 1 saturated carbocycles. The summed E-state index contributed by atoms with van der Waals surface area (Å²) in [6, 6.07) is 0. The van der Waals surface area contributed by atoms with E-state index in [1.54, 1.807) is 0 Å². The topological polar surface area (TPSA) is 66.0 Å². The fourth-order valence-electron chi connectivity index (χ4n) is 1.97. The minimum absolute atomic E-state index is 0.669. The van der Waals surface area contributed by atoms with Crippen molar-refractivity contribution >= 4 is 17.8 Å². The van der Waals surface area contributed by atoms with Gasteiger partial charge in [-0.3, -0.25) is 0 Å². The lowest BCUT2D eigenvalue weighted by Gasteiger charge is -2.19. The Balaban J connectivity index is 2.12. The summed E-state index contributed by atoms with van der Waals surface area (Å²) < 4.78 is 0. The molecule has 6 heteroatoms. The molecule has 0 atom stereocenters. The summed E-state index contributed by atoms with van der Waals surface area (Å²) in [6.45, 7) is 10.0. The summed E-state index contributed by atoms with van der Waals surface area (Å²) in [5.41, 5.74) is 0. The lowest BCUT2D eigenvalue weighted by molar-refractivity contribution is 0.803. The molecular formula is C14H26N6. The fourth-order valence-corrected chi connectivity index (χ4v) is 1.97. The van der Waals surface area contributed by atoms with Crippen molar-refractivity contribution in [1.82, 2.24) is 15.0 Å². The molecule has 1 heterocycles. The second kappa shape index (κ2) is 7.26. The molecular weight excluding hydrogens is 252 g/mol. The number of anilines is 3. The quantitative estimate of drug-likeness (QED) is 0.723. The van der Waals surface area contributed by atoms with E-state index in [1.165, 1.54) is 12.8 Å². The summed E-state index contributed by atoms with van der Waals surface area (Å²) in [5, 5.41) is 6.59. The Labute approximate surface area is 121 Å². The van der Waals surface area contributed by atoms with Crippen molar-refractivity contribution in [2.24, 2.45) is 5.92 Å². The molecule has 0 unspecified atom stereocenters. The average Bonchev–Trinajstić information content (AvgIpc) is 3.28. The molecule has 0 radical (unpaired) electrons. The van der Waals surface area contributed by atoms with E-state index in [9.17, 15) is 0 Å². The first-order chi connectivity index (χ1) is 9.76. The SMILES string of the molecule is CCCNc1nc(NCC2CC2)nc(N(CC)CC)n1. The van der Waals surface area contributed by atoms with Crippen LogP contribution < -0.4 is 15.5 Å². The van der Waals surface area contributed by atoms with Crippen LogP contribution in [0, 0.1) is 5.92 Å². The zero-order valence-corrected chi connectivity index (χ0v) is 12.8. The first kappa shape index (κ1) is 14.8. The van der Waals surface area contributed by atoms with Gasteiger partial charge in [-0.15, -0.1) is 0 Å². The van der Waals surface area contributed by atoms with Gasteiger partial charge in [0.1, 0.15) is 0 Å². The summed E-state index contributed by atoms with van der Waals surface area (Å²) in [5.74, 6) is 2.91. The number of rotatable bonds is 9. The number of hydrogen-bond donors (Lipinski definition) is 2. The zero-order valence-electron chi connectivity index (χ0n) is 12.8. The van der Waals surface area contributed by atoms with Crippen molar-refractivity contribution in [3.63, 3.8) is 0 Å². The van der Waals surface area contributed by atoms with Crippen molar-refractivity contribution in [3.8, 4) is 0 Å². The first-order valence-electron chi connectivity index (χ1n) is 7.75. The van der Waals surface area contributed by atoms with Gasteiger partial charge in [0.2, 0.25) is 17.8 Å². The number of nitrogens with one attached hydrogen (secondary N) is 2. The highest BCUT2D eigenvalue weighted by molar-refractivity contribution is 5.43. The van der Waals surface area contributed by atoms with Gasteiger partial charge in [0.15, 0.2) is 0 Å². The van der Waals surface area contributed by atoms with Crippen molar-refractivity contribution in [2.45, 2.75) is 40.0 Å². The minimum Gasteiger partial charge on any atom is -0.354 e. The third-order valence-electron chi connectivity index (χ3n) is 3.45. The molecule has 2 N–H and O–H groups in total. The Morgan fingerprint density at radius 2 is 1.65 bits per heavy atom. The third-order valence-corrected chi connectivity index (χ3v) is 3.45. The van der Waals surface area contributed by atoms with E-state index < -0.39 is 0 Å². The Hall–Kier alpha value is -1.59. The van der Waals surface area contributed by atoms with Crippen LogP contribution in [0.2, 0.25) is 0 Å². The standard InChI is InChI=1S/C14H26N6/c1-4-9-15-12-17-13(16-10-11-7-8-11)19-14(18-12)20(5-2)6-3/h11H,4-10H2,1-3H3,(H2,15,16,17,18,19). The Morgan fingerprint density at radius 3 is 2.20 bits per heavy atom. The molecule has 1 aromatic rings. The fraction of sp³-hybridized carbons (Fsp3) is 0.786. The maximum absolute atomic E-state index is 4.54. The van der Waals surface area contributed by atoms with Gasteiger partial charge >= 0.3 is 0 Å². The van der Waals surface area contributed by atoms with Crippen molar-refractivity contribution in [3.05, 3.63) is 0 Å². The molecule has 0 bridgehead atoms. The van der Waals surface area contributed by atoms with Gasteiger partial charge in [-0.1, -0.05) is 6.92 Å².